The predicted octanol–water partition coefficient (Wildman–Crippen LogP) is 7.49. The third-order valence-corrected chi connectivity index (χ3v) is 5.86. The average molecular weight is 487 g/mol. The van der Waals surface area contributed by atoms with Gasteiger partial charge in [0.25, 0.3) is 0 Å². The first-order chi connectivity index (χ1) is 16.3. The Kier molecular flexibility index (Phi) is 14.1. The molecule has 1 aliphatic rings. The first-order valence-electron chi connectivity index (χ1n) is 12.0. The van der Waals surface area contributed by atoms with Crippen LogP contribution in [0.1, 0.15) is 81.3 Å². The van der Waals surface area contributed by atoms with E-state index in [1.807, 2.05) is 70.2 Å². The van der Waals surface area contributed by atoms with Gasteiger partial charge in [0.05, 0.1) is 0 Å². The van der Waals surface area contributed by atoms with Crippen molar-refractivity contribution < 1.29 is 14.3 Å². The largest absolute Gasteiger partial charge is 0.360 e. The number of carbonyl (C=O) groups is 2. The van der Waals surface area contributed by atoms with Crippen molar-refractivity contribution in [3.63, 3.8) is 0 Å². The molecule has 1 saturated heterocycles. The Hall–Kier alpha value is -2.50. The van der Waals surface area contributed by atoms with E-state index in [4.69, 9.17) is 26.5 Å². The zero-order valence-corrected chi connectivity index (χ0v) is 21.9. The van der Waals surface area contributed by atoms with E-state index >= 15 is 0 Å². The van der Waals surface area contributed by atoms with Crippen molar-refractivity contribution in [2.45, 2.75) is 73.0 Å². The van der Waals surface area contributed by atoms with Crippen LogP contribution in [-0.4, -0.2) is 30.6 Å². The topological polar surface area (TPSA) is 79.2 Å². The van der Waals surface area contributed by atoms with Gasteiger partial charge in [-0.25, -0.2) is 0 Å². The monoisotopic (exact) mass is 486 g/mol. The standard InChI is InChI=1S/C14H19ClN2O.C12H16O.C2H4O/c1-2-12(16)11-9-10(15)6-7-13(11)17-14-5-3-4-8-18-14;1-4-9(2)12(13)11-8-6-5-7-10(11)3;1-2-3/h6-7,9,14,16-17H,2-5,8H2,1H3;5-9H,4H2,1-3H3;2H,1H3. The fourth-order valence-electron chi connectivity index (χ4n) is 3.41. The zero-order valence-electron chi connectivity index (χ0n) is 21.1. The number of aryl methyl sites for hydroxylation is 1. The number of rotatable bonds is 7. The lowest BCUT2D eigenvalue weighted by Gasteiger charge is -2.25. The maximum Gasteiger partial charge on any atom is 0.165 e. The molecular formula is C28H39ClN2O3. The number of hydrogen-bond acceptors (Lipinski definition) is 5. The number of ether oxygens (including phenoxy) is 1. The van der Waals surface area contributed by atoms with Crippen molar-refractivity contribution in [2.75, 3.05) is 11.9 Å². The number of halogens is 1. The normalized spacial score (nSPS) is 15.5. The molecular weight excluding hydrogens is 448 g/mol. The summed E-state index contributed by atoms with van der Waals surface area (Å²) in [5, 5.41) is 12.0. The molecule has 2 unspecified atom stereocenters. The number of hydrogen-bond donors (Lipinski definition) is 2. The van der Waals surface area contributed by atoms with E-state index in [2.05, 4.69) is 5.32 Å². The van der Waals surface area contributed by atoms with Gasteiger partial charge in [-0.1, -0.05) is 56.6 Å². The highest BCUT2D eigenvalue weighted by molar-refractivity contribution is 6.31. The second-order valence-corrected chi connectivity index (χ2v) is 8.68. The molecule has 1 heterocycles. The summed E-state index contributed by atoms with van der Waals surface area (Å²) >= 11 is 6.00. The van der Waals surface area contributed by atoms with E-state index in [0.717, 1.165) is 54.5 Å². The Labute approximate surface area is 209 Å². The summed E-state index contributed by atoms with van der Waals surface area (Å²) < 4.78 is 5.67. The Balaban J connectivity index is 0.000000318. The number of anilines is 1. The molecule has 1 aliphatic heterocycles. The molecule has 0 radical (unpaired) electrons. The number of benzene rings is 2. The molecule has 0 aliphatic carbocycles. The van der Waals surface area contributed by atoms with Gasteiger partial charge in [0.1, 0.15) is 12.5 Å². The first-order valence-corrected chi connectivity index (χ1v) is 12.4. The van der Waals surface area contributed by atoms with Crippen molar-refractivity contribution >= 4 is 35.1 Å². The Bertz CT molecular complexity index is 924. The van der Waals surface area contributed by atoms with Crippen molar-refractivity contribution in [3.8, 4) is 0 Å². The molecule has 5 nitrogen and oxygen atoms in total. The van der Waals surface area contributed by atoms with E-state index in [1.54, 1.807) is 0 Å². The van der Waals surface area contributed by atoms with Gasteiger partial charge >= 0.3 is 0 Å². The molecule has 1 fully saturated rings. The van der Waals surface area contributed by atoms with Crippen LogP contribution in [0.25, 0.3) is 0 Å². The quantitative estimate of drug-likeness (QED) is 0.241. The number of aldehydes is 1. The second-order valence-electron chi connectivity index (χ2n) is 8.25. The molecule has 0 aromatic heterocycles. The average Bonchev–Trinajstić information content (AvgIpc) is 2.85. The summed E-state index contributed by atoms with van der Waals surface area (Å²) in [5.74, 6) is 0.404. The minimum absolute atomic E-state index is 0.0586. The van der Waals surface area contributed by atoms with Crippen LogP contribution >= 0.6 is 11.6 Å². The van der Waals surface area contributed by atoms with Crippen LogP contribution in [0.5, 0.6) is 0 Å². The molecule has 2 atom stereocenters. The van der Waals surface area contributed by atoms with Gasteiger partial charge < -0.3 is 20.3 Å². The van der Waals surface area contributed by atoms with E-state index < -0.39 is 0 Å². The summed E-state index contributed by atoms with van der Waals surface area (Å²) in [4.78, 5) is 20.6. The van der Waals surface area contributed by atoms with Gasteiger partial charge in [-0.2, -0.15) is 0 Å². The van der Waals surface area contributed by atoms with Crippen LogP contribution in [-0.2, 0) is 9.53 Å². The van der Waals surface area contributed by atoms with Crippen LogP contribution in [0.15, 0.2) is 42.5 Å². The van der Waals surface area contributed by atoms with Gasteiger partial charge in [0.15, 0.2) is 5.78 Å². The SMILES string of the molecule is CC=O.CCC(=N)c1cc(Cl)ccc1NC1CCCCO1.CCC(C)C(=O)c1ccccc1C. The Morgan fingerprint density at radius 2 is 1.88 bits per heavy atom. The van der Waals surface area contributed by atoms with Crippen LogP contribution in [0.2, 0.25) is 5.02 Å². The van der Waals surface area contributed by atoms with Gasteiger partial charge in [0, 0.05) is 40.1 Å². The third-order valence-electron chi connectivity index (χ3n) is 5.63. The Morgan fingerprint density at radius 3 is 2.44 bits per heavy atom. The molecule has 34 heavy (non-hydrogen) atoms. The highest BCUT2D eigenvalue weighted by Gasteiger charge is 2.16. The number of nitrogens with one attached hydrogen (secondary N) is 2. The Morgan fingerprint density at radius 1 is 1.21 bits per heavy atom. The number of carbonyl (C=O) groups excluding carboxylic acids is 2. The molecule has 6 heteroatoms. The molecule has 2 N–H and O–H groups in total. The fourth-order valence-corrected chi connectivity index (χ4v) is 3.58. The fraction of sp³-hybridized carbons (Fsp3) is 0.464. The van der Waals surface area contributed by atoms with Gasteiger partial charge in [-0.3, -0.25) is 4.79 Å². The van der Waals surface area contributed by atoms with E-state index in [1.165, 1.54) is 13.3 Å². The lowest BCUT2D eigenvalue weighted by atomic mass is 9.94. The van der Waals surface area contributed by atoms with Crippen LogP contribution in [0.3, 0.4) is 0 Å². The highest BCUT2D eigenvalue weighted by atomic mass is 35.5. The van der Waals surface area contributed by atoms with Crippen LogP contribution in [0, 0.1) is 18.3 Å². The molecule has 0 spiro atoms. The van der Waals surface area contributed by atoms with Gasteiger partial charge in [-0.05, 0) is 69.7 Å². The molecule has 2 aromatic carbocycles. The van der Waals surface area contributed by atoms with E-state index in [-0.39, 0.29) is 17.9 Å². The smallest absolute Gasteiger partial charge is 0.165 e. The van der Waals surface area contributed by atoms with Gasteiger partial charge in [0.2, 0.25) is 0 Å². The summed E-state index contributed by atoms with van der Waals surface area (Å²) in [7, 11) is 0. The molecule has 0 saturated carbocycles. The highest BCUT2D eigenvalue weighted by Crippen LogP contribution is 2.25. The first kappa shape index (κ1) is 29.5. The lowest BCUT2D eigenvalue weighted by molar-refractivity contribution is -0.106. The summed E-state index contributed by atoms with van der Waals surface area (Å²) in [5.41, 5.74) is 4.36. The van der Waals surface area contributed by atoms with Crippen molar-refractivity contribution in [3.05, 3.63) is 64.2 Å². The molecule has 0 amide bonds. The second kappa shape index (κ2) is 16.2. The van der Waals surface area contributed by atoms with Crippen molar-refractivity contribution in [2.24, 2.45) is 5.92 Å². The van der Waals surface area contributed by atoms with Crippen molar-refractivity contribution in [1.82, 2.24) is 0 Å². The maximum atomic E-state index is 11.8. The van der Waals surface area contributed by atoms with E-state index in [0.29, 0.717) is 17.2 Å². The lowest BCUT2D eigenvalue weighted by Crippen LogP contribution is -2.28. The molecule has 0 bridgehead atoms. The zero-order chi connectivity index (χ0) is 25.5. The minimum Gasteiger partial charge on any atom is -0.360 e. The predicted molar refractivity (Wildman–Crippen MR) is 142 cm³/mol. The minimum atomic E-state index is 0.0586. The molecule has 186 valence electrons. The van der Waals surface area contributed by atoms with Crippen LogP contribution in [0.4, 0.5) is 5.69 Å². The maximum absolute atomic E-state index is 11.8. The third kappa shape index (κ3) is 9.78. The molecule has 2 aromatic rings. The van der Waals surface area contributed by atoms with E-state index in [9.17, 15) is 4.79 Å². The summed E-state index contributed by atoms with van der Waals surface area (Å²) in [6.45, 7) is 10.2. The summed E-state index contributed by atoms with van der Waals surface area (Å²) in [6.07, 6.45) is 5.75. The van der Waals surface area contributed by atoms with Crippen molar-refractivity contribution in [1.29, 1.82) is 5.41 Å². The number of Topliss-reactive ketones (excluding diaryl/α,β-unsaturated/α-hetero) is 1. The van der Waals surface area contributed by atoms with Crippen LogP contribution < -0.4 is 5.32 Å². The molecule has 3 rings (SSSR count). The number of ketones is 1. The van der Waals surface area contributed by atoms with Gasteiger partial charge in [-0.15, -0.1) is 0 Å². The summed E-state index contributed by atoms with van der Waals surface area (Å²) in [6, 6.07) is 13.4.